The maximum absolute atomic E-state index is 12.5. The van der Waals surface area contributed by atoms with Gasteiger partial charge in [0.1, 0.15) is 5.75 Å². The van der Waals surface area contributed by atoms with E-state index in [1.165, 1.54) is 5.56 Å². The first-order valence-corrected chi connectivity index (χ1v) is 10.2. The molecule has 5 heteroatoms. The van der Waals surface area contributed by atoms with Crippen molar-refractivity contribution in [2.45, 2.75) is 19.3 Å². The number of aryl methyl sites for hydroxylation is 1. The average Bonchev–Trinajstić information content (AvgIpc) is 2.76. The number of para-hydroxylation sites is 2. The molecule has 0 aliphatic carbocycles. The Morgan fingerprint density at radius 2 is 1.68 bits per heavy atom. The standard InChI is InChI=1S/C23H31N3O2/c1-28-22-12-6-5-11-21(22)25-16-18-26(19-17-25)23(27)13-15-24-14-7-10-20-8-3-2-4-9-20/h2-6,8-9,11-12,24H,7,10,13-19H2,1H3. The summed E-state index contributed by atoms with van der Waals surface area (Å²) in [6.45, 7) is 4.92. The molecule has 1 saturated heterocycles. The number of nitrogens with one attached hydrogen (secondary N) is 1. The van der Waals surface area contributed by atoms with Gasteiger partial charge in [-0.15, -0.1) is 0 Å². The second-order valence-corrected chi connectivity index (χ2v) is 7.13. The highest BCUT2D eigenvalue weighted by atomic mass is 16.5. The third-order valence-electron chi connectivity index (χ3n) is 5.24. The molecular weight excluding hydrogens is 350 g/mol. The van der Waals surface area contributed by atoms with Gasteiger partial charge >= 0.3 is 0 Å². The zero-order chi connectivity index (χ0) is 19.6. The molecule has 1 N–H and O–H groups in total. The van der Waals surface area contributed by atoms with Crippen molar-refractivity contribution >= 4 is 11.6 Å². The minimum atomic E-state index is 0.246. The maximum Gasteiger partial charge on any atom is 0.223 e. The van der Waals surface area contributed by atoms with Crippen molar-refractivity contribution in [3.63, 3.8) is 0 Å². The van der Waals surface area contributed by atoms with E-state index < -0.39 is 0 Å². The number of piperazine rings is 1. The first-order valence-electron chi connectivity index (χ1n) is 10.2. The fraction of sp³-hybridized carbons (Fsp3) is 0.435. The monoisotopic (exact) mass is 381 g/mol. The third-order valence-corrected chi connectivity index (χ3v) is 5.24. The van der Waals surface area contributed by atoms with E-state index in [0.717, 1.165) is 63.5 Å². The van der Waals surface area contributed by atoms with Crippen LogP contribution in [-0.4, -0.2) is 57.2 Å². The normalized spacial score (nSPS) is 14.2. The molecule has 0 radical (unpaired) electrons. The highest BCUT2D eigenvalue weighted by molar-refractivity contribution is 5.76. The zero-order valence-electron chi connectivity index (χ0n) is 16.8. The Labute approximate surface area is 168 Å². The molecule has 3 rings (SSSR count). The van der Waals surface area contributed by atoms with Crippen molar-refractivity contribution in [2.75, 3.05) is 51.3 Å². The molecule has 0 bridgehead atoms. The van der Waals surface area contributed by atoms with Crippen LogP contribution in [0.1, 0.15) is 18.4 Å². The van der Waals surface area contributed by atoms with Gasteiger partial charge in [0, 0.05) is 39.1 Å². The fourth-order valence-electron chi connectivity index (χ4n) is 3.63. The number of carbonyl (C=O) groups is 1. The summed E-state index contributed by atoms with van der Waals surface area (Å²) in [5, 5.41) is 3.40. The van der Waals surface area contributed by atoms with E-state index in [9.17, 15) is 4.79 Å². The van der Waals surface area contributed by atoms with Crippen molar-refractivity contribution in [2.24, 2.45) is 0 Å². The number of anilines is 1. The maximum atomic E-state index is 12.5. The van der Waals surface area contributed by atoms with E-state index >= 15 is 0 Å². The highest BCUT2D eigenvalue weighted by Crippen LogP contribution is 2.28. The molecule has 2 aromatic rings. The molecule has 1 aliphatic rings. The summed E-state index contributed by atoms with van der Waals surface area (Å²) >= 11 is 0. The van der Waals surface area contributed by atoms with E-state index in [-0.39, 0.29) is 5.91 Å². The fourth-order valence-corrected chi connectivity index (χ4v) is 3.63. The lowest BCUT2D eigenvalue weighted by Crippen LogP contribution is -2.49. The highest BCUT2D eigenvalue weighted by Gasteiger charge is 2.22. The van der Waals surface area contributed by atoms with Crippen molar-refractivity contribution in [1.29, 1.82) is 0 Å². The van der Waals surface area contributed by atoms with Crippen molar-refractivity contribution < 1.29 is 9.53 Å². The molecular formula is C23H31N3O2. The van der Waals surface area contributed by atoms with Crippen molar-refractivity contribution in [3.8, 4) is 5.75 Å². The molecule has 2 aromatic carbocycles. The molecule has 1 fully saturated rings. The molecule has 150 valence electrons. The number of carbonyl (C=O) groups excluding carboxylic acids is 1. The molecule has 0 atom stereocenters. The Kier molecular flexibility index (Phi) is 7.73. The van der Waals surface area contributed by atoms with E-state index in [2.05, 4.69) is 40.5 Å². The second-order valence-electron chi connectivity index (χ2n) is 7.13. The van der Waals surface area contributed by atoms with Gasteiger partial charge in [-0.1, -0.05) is 42.5 Å². The van der Waals surface area contributed by atoms with Gasteiger partial charge in [-0.2, -0.15) is 0 Å². The number of benzene rings is 2. The Morgan fingerprint density at radius 1 is 0.964 bits per heavy atom. The van der Waals surface area contributed by atoms with Crippen LogP contribution in [0.4, 0.5) is 5.69 Å². The van der Waals surface area contributed by atoms with Gasteiger partial charge in [0.15, 0.2) is 0 Å². The number of methoxy groups -OCH3 is 1. The molecule has 0 aromatic heterocycles. The summed E-state index contributed by atoms with van der Waals surface area (Å²) in [5.74, 6) is 1.14. The molecule has 1 amide bonds. The number of amides is 1. The Hall–Kier alpha value is -2.53. The first kappa shape index (κ1) is 20.2. The Morgan fingerprint density at radius 3 is 2.43 bits per heavy atom. The van der Waals surface area contributed by atoms with Gasteiger partial charge in [0.05, 0.1) is 12.8 Å². The van der Waals surface area contributed by atoms with Crippen LogP contribution in [0.15, 0.2) is 54.6 Å². The van der Waals surface area contributed by atoms with Crippen LogP contribution >= 0.6 is 0 Å². The number of nitrogens with zero attached hydrogens (tertiary/aromatic N) is 2. The molecule has 28 heavy (non-hydrogen) atoms. The van der Waals surface area contributed by atoms with Gasteiger partial charge in [-0.25, -0.2) is 0 Å². The van der Waals surface area contributed by atoms with E-state index in [0.29, 0.717) is 6.42 Å². The lowest BCUT2D eigenvalue weighted by molar-refractivity contribution is -0.131. The average molecular weight is 382 g/mol. The molecule has 0 saturated carbocycles. The summed E-state index contributed by atoms with van der Waals surface area (Å²) < 4.78 is 5.46. The molecule has 5 nitrogen and oxygen atoms in total. The largest absolute Gasteiger partial charge is 0.495 e. The molecule has 0 spiro atoms. The van der Waals surface area contributed by atoms with Crippen LogP contribution in [0.3, 0.4) is 0 Å². The Bertz CT molecular complexity index is 728. The van der Waals surface area contributed by atoms with Crippen LogP contribution in [0.5, 0.6) is 5.75 Å². The molecule has 0 unspecified atom stereocenters. The van der Waals surface area contributed by atoms with E-state index in [1.54, 1.807) is 7.11 Å². The van der Waals surface area contributed by atoms with Gasteiger partial charge in [0.2, 0.25) is 5.91 Å². The predicted octanol–water partition coefficient (Wildman–Crippen LogP) is 2.96. The minimum Gasteiger partial charge on any atom is -0.495 e. The lowest BCUT2D eigenvalue weighted by atomic mass is 10.1. The lowest BCUT2D eigenvalue weighted by Gasteiger charge is -2.36. The molecule has 1 heterocycles. The van der Waals surface area contributed by atoms with E-state index in [1.807, 2.05) is 29.2 Å². The van der Waals surface area contributed by atoms with Gasteiger partial charge in [-0.3, -0.25) is 4.79 Å². The first-order chi connectivity index (χ1) is 13.8. The topological polar surface area (TPSA) is 44.8 Å². The van der Waals surface area contributed by atoms with Gasteiger partial charge in [0.25, 0.3) is 0 Å². The zero-order valence-corrected chi connectivity index (χ0v) is 16.8. The van der Waals surface area contributed by atoms with Gasteiger partial charge in [-0.05, 0) is 37.1 Å². The summed E-state index contributed by atoms with van der Waals surface area (Å²) in [5.41, 5.74) is 2.48. The smallest absolute Gasteiger partial charge is 0.223 e. The summed E-state index contributed by atoms with van der Waals surface area (Å²) in [4.78, 5) is 16.7. The van der Waals surface area contributed by atoms with Crippen molar-refractivity contribution in [3.05, 3.63) is 60.2 Å². The second kappa shape index (κ2) is 10.7. The van der Waals surface area contributed by atoms with E-state index in [4.69, 9.17) is 4.74 Å². The summed E-state index contributed by atoms with van der Waals surface area (Å²) in [6, 6.07) is 18.6. The summed E-state index contributed by atoms with van der Waals surface area (Å²) in [7, 11) is 1.70. The third kappa shape index (κ3) is 5.73. The predicted molar refractivity (Wildman–Crippen MR) is 114 cm³/mol. The number of rotatable bonds is 9. The quantitative estimate of drug-likeness (QED) is 0.679. The summed E-state index contributed by atoms with van der Waals surface area (Å²) in [6.07, 6.45) is 2.74. The van der Waals surface area contributed by atoms with Crippen LogP contribution in [-0.2, 0) is 11.2 Å². The number of hydrogen-bond donors (Lipinski definition) is 1. The molecule has 1 aliphatic heterocycles. The SMILES string of the molecule is COc1ccccc1N1CCN(C(=O)CCNCCCc2ccccc2)CC1. The Balaban J connectivity index is 1.32. The number of hydrogen-bond acceptors (Lipinski definition) is 4. The minimum absolute atomic E-state index is 0.246. The van der Waals surface area contributed by atoms with Crippen LogP contribution in [0.2, 0.25) is 0 Å². The van der Waals surface area contributed by atoms with Gasteiger partial charge < -0.3 is 19.9 Å². The van der Waals surface area contributed by atoms with Crippen LogP contribution in [0, 0.1) is 0 Å². The van der Waals surface area contributed by atoms with Crippen LogP contribution < -0.4 is 15.0 Å². The number of ether oxygens (including phenoxy) is 1. The van der Waals surface area contributed by atoms with Crippen LogP contribution in [0.25, 0.3) is 0 Å². The van der Waals surface area contributed by atoms with Crippen molar-refractivity contribution in [1.82, 2.24) is 10.2 Å².